The third-order valence-corrected chi connectivity index (χ3v) is 3.38. The Kier molecular flexibility index (Phi) is 3.67. The molecule has 1 N–H and O–H groups in total. The second-order valence-corrected chi connectivity index (χ2v) is 4.87. The van der Waals surface area contributed by atoms with Crippen molar-refractivity contribution in [2.75, 3.05) is 0 Å². The Morgan fingerprint density at radius 2 is 1.62 bits per heavy atom. The van der Waals surface area contributed by atoms with Gasteiger partial charge in [-0.3, -0.25) is 0 Å². The molecule has 122 valence electrons. The van der Waals surface area contributed by atoms with E-state index in [2.05, 4.69) is 4.98 Å². The number of carbonyl (C=O) groups is 1. The van der Waals surface area contributed by atoms with Crippen molar-refractivity contribution in [3.8, 4) is 11.3 Å². The van der Waals surface area contributed by atoms with Gasteiger partial charge in [-0.1, -0.05) is 0 Å². The molecule has 3 nitrogen and oxygen atoms in total. The van der Waals surface area contributed by atoms with Crippen molar-refractivity contribution in [1.29, 1.82) is 0 Å². The summed E-state index contributed by atoms with van der Waals surface area (Å²) in [6, 6.07) is 4.25. The summed E-state index contributed by atoms with van der Waals surface area (Å²) in [5.74, 6) is -9.58. The van der Waals surface area contributed by atoms with Crippen LogP contribution in [0.3, 0.4) is 0 Å². The molecule has 0 aliphatic rings. The topological polar surface area (TPSA) is 50.2 Å². The normalized spacial score (nSPS) is 11.0. The summed E-state index contributed by atoms with van der Waals surface area (Å²) in [6.07, 6.45) is 0. The Labute approximate surface area is 131 Å². The van der Waals surface area contributed by atoms with Gasteiger partial charge in [-0.2, -0.15) is 0 Å². The molecule has 24 heavy (non-hydrogen) atoms. The summed E-state index contributed by atoms with van der Waals surface area (Å²) in [6.45, 7) is 0. The molecule has 3 aromatic rings. The van der Waals surface area contributed by atoms with Crippen LogP contribution in [0.2, 0.25) is 0 Å². The third kappa shape index (κ3) is 2.45. The number of rotatable bonds is 2. The average Bonchev–Trinajstić information content (AvgIpc) is 2.55. The van der Waals surface area contributed by atoms with Gasteiger partial charge in [0.2, 0.25) is 0 Å². The lowest BCUT2D eigenvalue weighted by atomic mass is 10.0. The molecule has 0 spiro atoms. The van der Waals surface area contributed by atoms with E-state index in [-0.39, 0.29) is 10.9 Å². The van der Waals surface area contributed by atoms with E-state index in [4.69, 9.17) is 0 Å². The van der Waals surface area contributed by atoms with Crippen molar-refractivity contribution in [1.82, 2.24) is 4.98 Å². The van der Waals surface area contributed by atoms with Gasteiger partial charge in [0.25, 0.3) is 0 Å². The molecule has 1 heterocycles. The molecule has 0 unspecified atom stereocenters. The minimum atomic E-state index is -2.04. The fourth-order valence-corrected chi connectivity index (χ4v) is 2.27. The maximum atomic E-state index is 13.9. The van der Waals surface area contributed by atoms with Crippen LogP contribution in [0.5, 0.6) is 0 Å². The maximum Gasteiger partial charge on any atom is 0.336 e. The van der Waals surface area contributed by atoms with E-state index in [0.717, 1.165) is 24.3 Å². The summed E-state index contributed by atoms with van der Waals surface area (Å²) in [4.78, 5) is 15.2. The lowest BCUT2D eigenvalue weighted by Gasteiger charge is -2.09. The number of carboxylic acids is 1. The zero-order valence-electron chi connectivity index (χ0n) is 11.6. The van der Waals surface area contributed by atoms with Gasteiger partial charge in [-0.25, -0.2) is 31.7 Å². The smallest absolute Gasteiger partial charge is 0.336 e. The molecule has 0 aliphatic carbocycles. The van der Waals surface area contributed by atoms with Gasteiger partial charge >= 0.3 is 5.97 Å². The zero-order chi connectivity index (χ0) is 17.6. The minimum Gasteiger partial charge on any atom is -0.478 e. The van der Waals surface area contributed by atoms with Crippen LogP contribution in [0.4, 0.5) is 22.0 Å². The highest BCUT2D eigenvalue weighted by Crippen LogP contribution is 2.30. The second kappa shape index (κ2) is 5.55. The maximum absolute atomic E-state index is 13.9. The Balaban J connectivity index is 2.36. The Hall–Kier alpha value is -3.03. The van der Waals surface area contributed by atoms with E-state index in [1.54, 1.807) is 0 Å². The van der Waals surface area contributed by atoms with Crippen molar-refractivity contribution in [3.05, 3.63) is 65.0 Å². The van der Waals surface area contributed by atoms with Crippen molar-refractivity contribution in [2.24, 2.45) is 0 Å². The highest BCUT2D eigenvalue weighted by atomic mass is 19.2. The zero-order valence-corrected chi connectivity index (χ0v) is 11.6. The SMILES string of the molecule is O=C(O)c1cc(-c2cc(F)c(F)c(F)c2F)nc2ccc(F)cc12. The molecule has 1 aromatic heterocycles. The van der Waals surface area contributed by atoms with Crippen molar-refractivity contribution in [3.63, 3.8) is 0 Å². The molecule has 0 saturated carbocycles. The number of aromatic nitrogens is 1. The molecular formula is C16H6F5NO2. The molecule has 0 saturated heterocycles. The molecule has 0 fully saturated rings. The highest BCUT2D eigenvalue weighted by Gasteiger charge is 2.22. The number of halogens is 5. The number of fused-ring (bicyclic) bond motifs is 1. The van der Waals surface area contributed by atoms with E-state index in [0.29, 0.717) is 6.07 Å². The quantitative estimate of drug-likeness (QED) is 0.430. The van der Waals surface area contributed by atoms with Crippen LogP contribution in [0.25, 0.3) is 22.2 Å². The average molecular weight is 339 g/mol. The predicted molar refractivity (Wildman–Crippen MR) is 73.9 cm³/mol. The van der Waals surface area contributed by atoms with Crippen molar-refractivity contribution in [2.45, 2.75) is 0 Å². The summed E-state index contributed by atoms with van der Waals surface area (Å²) in [5, 5.41) is 9.14. The molecule has 0 amide bonds. The number of pyridine rings is 1. The minimum absolute atomic E-state index is 0.0316. The van der Waals surface area contributed by atoms with Gasteiger partial charge in [-0.15, -0.1) is 0 Å². The Morgan fingerprint density at radius 1 is 0.917 bits per heavy atom. The number of aromatic carboxylic acids is 1. The fraction of sp³-hybridized carbons (Fsp3) is 0. The standard InChI is InChI=1S/C16H6F5NO2/c17-6-1-2-11-7(3-6)8(16(23)24)5-12(22-11)9-4-10(18)14(20)15(21)13(9)19/h1-5H,(H,23,24). The number of benzene rings is 2. The number of carboxylic acid groups (broad SMARTS) is 1. The van der Waals surface area contributed by atoms with Crippen LogP contribution in [0.1, 0.15) is 10.4 Å². The van der Waals surface area contributed by atoms with Crippen LogP contribution in [-0.4, -0.2) is 16.1 Å². The molecule has 8 heteroatoms. The fourth-order valence-electron chi connectivity index (χ4n) is 2.27. The van der Waals surface area contributed by atoms with Crippen LogP contribution in [-0.2, 0) is 0 Å². The molecule has 0 aliphatic heterocycles. The second-order valence-electron chi connectivity index (χ2n) is 4.87. The molecular weight excluding hydrogens is 333 g/mol. The van der Waals surface area contributed by atoms with Crippen LogP contribution < -0.4 is 0 Å². The number of hydrogen-bond acceptors (Lipinski definition) is 2. The first-order chi connectivity index (χ1) is 11.3. The van der Waals surface area contributed by atoms with Gasteiger partial charge in [0, 0.05) is 10.9 Å². The third-order valence-electron chi connectivity index (χ3n) is 3.38. The van der Waals surface area contributed by atoms with E-state index < -0.39 is 51.9 Å². The summed E-state index contributed by atoms with van der Waals surface area (Å²) in [5.41, 5.74) is -1.66. The van der Waals surface area contributed by atoms with E-state index in [1.165, 1.54) is 0 Å². The highest BCUT2D eigenvalue weighted by molar-refractivity contribution is 6.03. The van der Waals surface area contributed by atoms with Crippen molar-refractivity contribution >= 4 is 16.9 Å². The molecule has 3 rings (SSSR count). The molecule has 0 bridgehead atoms. The van der Waals surface area contributed by atoms with Gasteiger partial charge in [0.1, 0.15) is 5.82 Å². The van der Waals surface area contributed by atoms with Gasteiger partial charge in [0.15, 0.2) is 23.3 Å². The largest absolute Gasteiger partial charge is 0.478 e. The van der Waals surface area contributed by atoms with Gasteiger partial charge in [0.05, 0.1) is 16.8 Å². The van der Waals surface area contributed by atoms with Crippen LogP contribution >= 0.6 is 0 Å². The van der Waals surface area contributed by atoms with Crippen LogP contribution in [0.15, 0.2) is 30.3 Å². The van der Waals surface area contributed by atoms with Crippen molar-refractivity contribution < 1.29 is 31.9 Å². The van der Waals surface area contributed by atoms with Gasteiger partial charge in [-0.05, 0) is 30.3 Å². The molecule has 2 aromatic carbocycles. The molecule has 0 radical (unpaired) electrons. The number of nitrogens with zero attached hydrogens (tertiary/aromatic N) is 1. The first-order valence-electron chi connectivity index (χ1n) is 6.46. The van der Waals surface area contributed by atoms with Crippen LogP contribution in [0, 0.1) is 29.1 Å². The van der Waals surface area contributed by atoms with E-state index in [1.807, 2.05) is 0 Å². The lowest BCUT2D eigenvalue weighted by molar-refractivity contribution is 0.0699. The van der Waals surface area contributed by atoms with E-state index >= 15 is 0 Å². The summed E-state index contributed by atoms with van der Waals surface area (Å²) < 4.78 is 67.0. The first kappa shape index (κ1) is 15.9. The monoisotopic (exact) mass is 339 g/mol. The summed E-state index contributed by atoms with van der Waals surface area (Å²) >= 11 is 0. The summed E-state index contributed by atoms with van der Waals surface area (Å²) in [7, 11) is 0. The lowest BCUT2D eigenvalue weighted by Crippen LogP contribution is -2.03. The first-order valence-corrected chi connectivity index (χ1v) is 6.46. The van der Waals surface area contributed by atoms with E-state index in [9.17, 15) is 31.9 Å². The predicted octanol–water partition coefficient (Wildman–Crippen LogP) is 4.30. The number of hydrogen-bond donors (Lipinski definition) is 1. The Bertz CT molecular complexity index is 1000. The van der Waals surface area contributed by atoms with Gasteiger partial charge < -0.3 is 5.11 Å². The Morgan fingerprint density at radius 3 is 2.29 bits per heavy atom. The molecule has 0 atom stereocenters.